The lowest BCUT2D eigenvalue weighted by Gasteiger charge is -2.11. The van der Waals surface area contributed by atoms with E-state index in [1.807, 2.05) is 13.8 Å². The molecule has 2 aromatic rings. The van der Waals surface area contributed by atoms with Crippen LogP contribution in [0, 0.1) is 11.6 Å². The second-order valence-corrected chi connectivity index (χ2v) is 5.37. The first-order chi connectivity index (χ1) is 9.47. The largest absolute Gasteiger partial charge is 0.310 e. The molecule has 0 aliphatic carbocycles. The van der Waals surface area contributed by atoms with Crippen molar-refractivity contribution in [3.8, 4) is 11.1 Å². The molecule has 0 saturated carbocycles. The molecule has 1 N–H and O–H groups in total. The fourth-order valence-electron chi connectivity index (χ4n) is 1.89. The first-order valence-electron chi connectivity index (χ1n) is 6.44. The van der Waals surface area contributed by atoms with Crippen LogP contribution in [0.25, 0.3) is 11.1 Å². The quantitative estimate of drug-likeness (QED) is 0.855. The Balaban J connectivity index is 2.31. The summed E-state index contributed by atoms with van der Waals surface area (Å²) in [7, 11) is 0. The molecular weight excluding hydrogens is 280 g/mol. The maximum Gasteiger partial charge on any atom is 0.128 e. The van der Waals surface area contributed by atoms with Crippen molar-refractivity contribution in [3.63, 3.8) is 0 Å². The van der Waals surface area contributed by atoms with E-state index in [2.05, 4.69) is 5.32 Å². The molecular formula is C16H16ClF2N. The summed E-state index contributed by atoms with van der Waals surface area (Å²) < 4.78 is 27.3. The van der Waals surface area contributed by atoms with E-state index in [9.17, 15) is 8.78 Å². The van der Waals surface area contributed by atoms with Gasteiger partial charge in [-0.25, -0.2) is 8.78 Å². The average molecular weight is 296 g/mol. The molecule has 2 rings (SSSR count). The van der Waals surface area contributed by atoms with E-state index < -0.39 is 5.82 Å². The second kappa shape index (κ2) is 6.33. The van der Waals surface area contributed by atoms with Gasteiger partial charge in [0.15, 0.2) is 0 Å². The minimum absolute atomic E-state index is 0.284. The zero-order chi connectivity index (χ0) is 14.7. The van der Waals surface area contributed by atoms with Gasteiger partial charge in [-0.05, 0) is 29.8 Å². The lowest BCUT2D eigenvalue weighted by atomic mass is 10.0. The highest BCUT2D eigenvalue weighted by molar-refractivity contribution is 6.33. The molecule has 0 bridgehead atoms. The molecule has 106 valence electrons. The van der Waals surface area contributed by atoms with Crippen molar-refractivity contribution in [1.82, 2.24) is 5.32 Å². The van der Waals surface area contributed by atoms with Gasteiger partial charge in [0.05, 0.1) is 0 Å². The van der Waals surface area contributed by atoms with Gasteiger partial charge in [-0.1, -0.05) is 37.6 Å². The Bertz CT molecular complexity index is 611. The summed E-state index contributed by atoms with van der Waals surface area (Å²) in [5.41, 5.74) is 1.64. The van der Waals surface area contributed by atoms with Crippen molar-refractivity contribution >= 4 is 11.6 Å². The van der Waals surface area contributed by atoms with E-state index in [1.54, 1.807) is 12.1 Å². The van der Waals surface area contributed by atoms with Crippen LogP contribution < -0.4 is 5.32 Å². The number of rotatable bonds is 4. The minimum Gasteiger partial charge on any atom is -0.310 e. The molecule has 0 aliphatic rings. The van der Waals surface area contributed by atoms with Crippen LogP contribution in [-0.2, 0) is 6.54 Å². The van der Waals surface area contributed by atoms with E-state index in [0.29, 0.717) is 28.3 Å². The molecule has 0 heterocycles. The van der Waals surface area contributed by atoms with Crippen LogP contribution in [0.2, 0.25) is 5.02 Å². The van der Waals surface area contributed by atoms with Gasteiger partial charge in [-0.3, -0.25) is 0 Å². The maximum atomic E-state index is 14.0. The molecule has 1 nitrogen and oxygen atoms in total. The van der Waals surface area contributed by atoms with Crippen LogP contribution in [-0.4, -0.2) is 6.04 Å². The molecule has 0 spiro atoms. The Morgan fingerprint density at radius 3 is 2.50 bits per heavy atom. The summed E-state index contributed by atoms with van der Waals surface area (Å²) in [6, 6.07) is 9.18. The minimum atomic E-state index is -0.393. The molecule has 0 aliphatic heterocycles. The van der Waals surface area contributed by atoms with E-state index >= 15 is 0 Å². The lowest BCUT2D eigenvalue weighted by Crippen LogP contribution is -2.22. The Morgan fingerprint density at radius 2 is 1.85 bits per heavy atom. The summed E-state index contributed by atoms with van der Waals surface area (Å²) in [4.78, 5) is 0. The van der Waals surface area contributed by atoms with Crippen LogP contribution in [0.1, 0.15) is 19.4 Å². The molecule has 0 unspecified atom stereocenters. The molecule has 0 saturated heterocycles. The topological polar surface area (TPSA) is 12.0 Å². The van der Waals surface area contributed by atoms with Gasteiger partial charge in [-0.2, -0.15) is 0 Å². The third-order valence-electron chi connectivity index (χ3n) is 2.99. The molecule has 20 heavy (non-hydrogen) atoms. The van der Waals surface area contributed by atoms with Crippen LogP contribution in [0.4, 0.5) is 8.78 Å². The highest BCUT2D eigenvalue weighted by Crippen LogP contribution is 2.29. The van der Waals surface area contributed by atoms with Gasteiger partial charge < -0.3 is 5.32 Å². The van der Waals surface area contributed by atoms with Crippen molar-refractivity contribution in [2.75, 3.05) is 0 Å². The Morgan fingerprint density at radius 1 is 1.10 bits per heavy atom. The normalized spacial score (nSPS) is 11.1. The first-order valence-corrected chi connectivity index (χ1v) is 6.82. The van der Waals surface area contributed by atoms with Gasteiger partial charge in [-0.15, -0.1) is 0 Å². The van der Waals surface area contributed by atoms with E-state index in [1.165, 1.54) is 24.3 Å². The van der Waals surface area contributed by atoms with Crippen LogP contribution >= 0.6 is 11.6 Å². The van der Waals surface area contributed by atoms with Crippen molar-refractivity contribution in [2.45, 2.75) is 26.4 Å². The predicted octanol–water partition coefficient (Wildman–Crippen LogP) is 4.78. The third-order valence-corrected chi connectivity index (χ3v) is 3.32. The Labute approximate surface area is 122 Å². The van der Waals surface area contributed by atoms with Gasteiger partial charge >= 0.3 is 0 Å². The van der Waals surface area contributed by atoms with Gasteiger partial charge in [0.25, 0.3) is 0 Å². The van der Waals surface area contributed by atoms with E-state index in [4.69, 9.17) is 11.6 Å². The summed E-state index contributed by atoms with van der Waals surface area (Å²) in [5, 5.41) is 3.56. The summed E-state index contributed by atoms with van der Waals surface area (Å²) in [5.74, 6) is -0.716. The van der Waals surface area contributed by atoms with Crippen LogP contribution in [0.15, 0.2) is 36.4 Å². The molecule has 0 amide bonds. The Kier molecular flexibility index (Phi) is 4.73. The van der Waals surface area contributed by atoms with E-state index in [0.717, 1.165) is 0 Å². The fourth-order valence-corrected chi connectivity index (χ4v) is 2.12. The van der Waals surface area contributed by atoms with Gasteiger partial charge in [0, 0.05) is 28.7 Å². The molecule has 2 aromatic carbocycles. The summed E-state index contributed by atoms with van der Waals surface area (Å²) >= 11 is 6.02. The molecule has 0 fully saturated rings. The lowest BCUT2D eigenvalue weighted by molar-refractivity contribution is 0.553. The number of halogens is 3. The zero-order valence-electron chi connectivity index (χ0n) is 11.4. The van der Waals surface area contributed by atoms with Gasteiger partial charge in [0.1, 0.15) is 11.6 Å². The molecule has 0 atom stereocenters. The number of hydrogen-bond acceptors (Lipinski definition) is 1. The Hall–Kier alpha value is -1.45. The third kappa shape index (κ3) is 3.56. The van der Waals surface area contributed by atoms with Crippen molar-refractivity contribution < 1.29 is 8.78 Å². The zero-order valence-corrected chi connectivity index (χ0v) is 12.1. The first kappa shape index (κ1) is 14.9. The second-order valence-electron chi connectivity index (χ2n) is 4.97. The predicted molar refractivity (Wildman–Crippen MR) is 78.8 cm³/mol. The number of benzene rings is 2. The van der Waals surface area contributed by atoms with E-state index in [-0.39, 0.29) is 11.9 Å². The van der Waals surface area contributed by atoms with Crippen molar-refractivity contribution in [3.05, 3.63) is 58.6 Å². The highest BCUT2D eigenvalue weighted by atomic mass is 35.5. The van der Waals surface area contributed by atoms with Gasteiger partial charge in [0.2, 0.25) is 0 Å². The average Bonchev–Trinajstić information content (AvgIpc) is 2.40. The monoisotopic (exact) mass is 295 g/mol. The molecule has 0 radical (unpaired) electrons. The van der Waals surface area contributed by atoms with Crippen molar-refractivity contribution in [1.29, 1.82) is 0 Å². The fraction of sp³-hybridized carbons (Fsp3) is 0.250. The summed E-state index contributed by atoms with van der Waals surface area (Å²) in [6.45, 7) is 4.46. The maximum absolute atomic E-state index is 14.0. The smallest absolute Gasteiger partial charge is 0.128 e. The molecule has 4 heteroatoms. The SMILES string of the molecule is CC(C)NCc1ccc(-c2cc(F)ccc2Cl)cc1F. The van der Waals surface area contributed by atoms with Crippen molar-refractivity contribution in [2.24, 2.45) is 0 Å². The summed E-state index contributed by atoms with van der Waals surface area (Å²) in [6.07, 6.45) is 0. The number of nitrogens with one attached hydrogen (secondary N) is 1. The molecule has 0 aromatic heterocycles. The highest BCUT2D eigenvalue weighted by Gasteiger charge is 2.09. The van der Waals surface area contributed by atoms with Crippen LogP contribution in [0.3, 0.4) is 0 Å². The standard InChI is InChI=1S/C16H16ClF2N/c1-10(2)20-9-12-4-3-11(7-16(12)19)14-8-13(18)5-6-15(14)17/h3-8,10,20H,9H2,1-2H3. The van der Waals surface area contributed by atoms with Crippen LogP contribution in [0.5, 0.6) is 0 Å². The number of hydrogen-bond donors (Lipinski definition) is 1.